The minimum Gasteiger partial charge on any atom is -0.468 e. The first-order valence-corrected chi connectivity index (χ1v) is 4.67. The molecular formula is C11H9NO4. The molecule has 1 aliphatic rings. The summed E-state index contributed by atoms with van der Waals surface area (Å²) in [5.41, 5.74) is 0.759. The van der Waals surface area contributed by atoms with Crippen LogP contribution in [0, 0.1) is 5.92 Å². The van der Waals surface area contributed by atoms with Crippen LogP contribution in [-0.2, 0) is 14.3 Å². The van der Waals surface area contributed by atoms with E-state index in [1.807, 2.05) is 0 Å². The Labute approximate surface area is 91.4 Å². The molecule has 0 aromatic heterocycles. The van der Waals surface area contributed by atoms with Gasteiger partial charge in [-0.1, -0.05) is 12.1 Å². The predicted octanol–water partition coefficient (Wildman–Crippen LogP) is 0.611. The summed E-state index contributed by atoms with van der Waals surface area (Å²) >= 11 is 0. The molecule has 0 aliphatic carbocycles. The molecule has 1 aliphatic heterocycles. The Morgan fingerprint density at radius 2 is 2.00 bits per heavy atom. The first-order chi connectivity index (χ1) is 7.65. The molecule has 0 fully saturated rings. The average Bonchev–Trinajstić information content (AvgIpc) is 2.28. The van der Waals surface area contributed by atoms with Gasteiger partial charge in [-0.05, 0) is 12.1 Å². The maximum atomic E-state index is 11.9. The number of carbonyl (C=O) groups is 3. The first kappa shape index (κ1) is 10.4. The summed E-state index contributed by atoms with van der Waals surface area (Å²) in [6.45, 7) is 0. The summed E-state index contributed by atoms with van der Waals surface area (Å²) in [5, 5.41) is 2.50. The summed E-state index contributed by atoms with van der Waals surface area (Å²) in [4.78, 5) is 34.7. The van der Waals surface area contributed by atoms with E-state index in [0.717, 1.165) is 7.11 Å². The van der Waals surface area contributed by atoms with Crippen molar-refractivity contribution in [3.8, 4) is 0 Å². The second-order valence-electron chi connectivity index (χ2n) is 3.36. The van der Waals surface area contributed by atoms with Crippen LogP contribution in [0.4, 0.5) is 5.69 Å². The predicted molar refractivity (Wildman–Crippen MR) is 54.9 cm³/mol. The van der Waals surface area contributed by atoms with Crippen molar-refractivity contribution < 1.29 is 19.1 Å². The SMILES string of the molecule is COC(=O)C1C(=O)Nc2ccccc2C1=O. The molecule has 5 nitrogen and oxygen atoms in total. The highest BCUT2D eigenvalue weighted by molar-refractivity contribution is 6.29. The Balaban J connectivity index is 2.46. The van der Waals surface area contributed by atoms with Crippen LogP contribution < -0.4 is 5.32 Å². The Morgan fingerprint density at radius 3 is 2.69 bits per heavy atom. The molecule has 1 atom stereocenters. The van der Waals surface area contributed by atoms with Gasteiger partial charge < -0.3 is 10.1 Å². The van der Waals surface area contributed by atoms with Crippen molar-refractivity contribution in [2.24, 2.45) is 5.92 Å². The van der Waals surface area contributed by atoms with E-state index in [2.05, 4.69) is 10.1 Å². The van der Waals surface area contributed by atoms with Gasteiger partial charge in [0, 0.05) is 5.56 Å². The van der Waals surface area contributed by atoms with Gasteiger partial charge in [-0.3, -0.25) is 14.4 Å². The van der Waals surface area contributed by atoms with Crippen molar-refractivity contribution in [3.63, 3.8) is 0 Å². The number of methoxy groups -OCH3 is 1. The Bertz CT molecular complexity index is 481. The van der Waals surface area contributed by atoms with Crippen LogP contribution in [0.3, 0.4) is 0 Å². The molecule has 0 radical (unpaired) electrons. The molecule has 0 bridgehead atoms. The Hall–Kier alpha value is -2.17. The highest BCUT2D eigenvalue weighted by Gasteiger charge is 2.40. The van der Waals surface area contributed by atoms with Gasteiger partial charge in [0.15, 0.2) is 11.7 Å². The number of benzene rings is 1. The van der Waals surface area contributed by atoms with E-state index in [1.54, 1.807) is 24.3 Å². The second kappa shape index (κ2) is 3.77. The maximum absolute atomic E-state index is 11.9. The summed E-state index contributed by atoms with van der Waals surface area (Å²) in [5.74, 6) is -3.39. The summed E-state index contributed by atoms with van der Waals surface area (Å²) in [7, 11) is 1.14. The molecular weight excluding hydrogens is 210 g/mol. The van der Waals surface area contributed by atoms with Crippen LogP contribution in [0.2, 0.25) is 0 Å². The van der Waals surface area contributed by atoms with Gasteiger partial charge in [-0.2, -0.15) is 0 Å². The monoisotopic (exact) mass is 219 g/mol. The maximum Gasteiger partial charge on any atom is 0.326 e. The van der Waals surface area contributed by atoms with Crippen LogP contribution in [-0.4, -0.2) is 24.8 Å². The normalized spacial score (nSPS) is 18.7. The minimum atomic E-state index is -1.39. The Kier molecular flexibility index (Phi) is 2.44. The fourth-order valence-electron chi connectivity index (χ4n) is 1.62. The van der Waals surface area contributed by atoms with Crippen molar-refractivity contribution in [3.05, 3.63) is 29.8 Å². The third kappa shape index (κ3) is 1.46. The van der Waals surface area contributed by atoms with Crippen molar-refractivity contribution in [1.82, 2.24) is 0 Å². The smallest absolute Gasteiger partial charge is 0.326 e. The number of ketones is 1. The molecule has 1 amide bonds. The number of rotatable bonds is 1. The number of nitrogens with one attached hydrogen (secondary N) is 1. The second-order valence-corrected chi connectivity index (χ2v) is 3.36. The number of fused-ring (bicyclic) bond motifs is 1. The molecule has 1 unspecified atom stereocenters. The van der Waals surface area contributed by atoms with Crippen LogP contribution in [0.1, 0.15) is 10.4 Å². The molecule has 16 heavy (non-hydrogen) atoms. The van der Waals surface area contributed by atoms with Crippen LogP contribution in [0.5, 0.6) is 0 Å². The first-order valence-electron chi connectivity index (χ1n) is 4.67. The van der Waals surface area contributed by atoms with Gasteiger partial charge in [-0.25, -0.2) is 0 Å². The number of esters is 1. The number of carbonyl (C=O) groups excluding carboxylic acids is 3. The summed E-state index contributed by atoms with van der Waals surface area (Å²) in [6.07, 6.45) is 0. The number of anilines is 1. The number of ether oxygens (including phenoxy) is 1. The number of hydrogen-bond acceptors (Lipinski definition) is 4. The summed E-state index contributed by atoms with van der Waals surface area (Å²) < 4.78 is 4.42. The highest BCUT2D eigenvalue weighted by atomic mass is 16.5. The molecule has 5 heteroatoms. The van der Waals surface area contributed by atoms with Crippen LogP contribution in [0.15, 0.2) is 24.3 Å². The lowest BCUT2D eigenvalue weighted by molar-refractivity contribution is -0.146. The van der Waals surface area contributed by atoms with E-state index in [-0.39, 0.29) is 0 Å². The zero-order valence-corrected chi connectivity index (χ0v) is 8.52. The lowest BCUT2D eigenvalue weighted by atomic mass is 9.92. The molecule has 1 aromatic rings. The zero-order valence-electron chi connectivity index (χ0n) is 8.52. The number of amides is 1. The standard InChI is InChI=1S/C11H9NO4/c1-16-11(15)8-9(13)6-4-2-3-5-7(6)12-10(8)14/h2-5,8H,1H3,(H,12,14). The molecule has 1 aromatic carbocycles. The minimum absolute atomic E-state index is 0.331. The van der Waals surface area contributed by atoms with Gasteiger partial charge in [-0.15, -0.1) is 0 Å². The van der Waals surface area contributed by atoms with Crippen molar-refractivity contribution >= 4 is 23.3 Å². The van der Waals surface area contributed by atoms with Crippen molar-refractivity contribution in [2.45, 2.75) is 0 Å². The third-order valence-electron chi connectivity index (χ3n) is 2.41. The van der Waals surface area contributed by atoms with E-state index in [0.29, 0.717) is 11.3 Å². The largest absolute Gasteiger partial charge is 0.468 e. The quantitative estimate of drug-likeness (QED) is 0.554. The van der Waals surface area contributed by atoms with Gasteiger partial charge in [0.2, 0.25) is 5.91 Å². The van der Waals surface area contributed by atoms with Crippen LogP contribution in [0.25, 0.3) is 0 Å². The lowest BCUT2D eigenvalue weighted by Crippen LogP contribution is -2.40. The number of para-hydroxylation sites is 1. The third-order valence-corrected chi connectivity index (χ3v) is 2.41. The van der Waals surface area contributed by atoms with E-state index in [9.17, 15) is 14.4 Å². The molecule has 2 rings (SSSR count). The van der Waals surface area contributed by atoms with E-state index in [1.165, 1.54) is 0 Å². The van der Waals surface area contributed by atoms with E-state index in [4.69, 9.17) is 0 Å². The summed E-state index contributed by atoms with van der Waals surface area (Å²) in [6, 6.07) is 6.54. The van der Waals surface area contributed by atoms with E-state index >= 15 is 0 Å². The van der Waals surface area contributed by atoms with Gasteiger partial charge in [0.05, 0.1) is 12.8 Å². The fraction of sp³-hybridized carbons (Fsp3) is 0.182. The number of Topliss-reactive ketones (excluding diaryl/α,β-unsaturated/α-hetero) is 1. The van der Waals surface area contributed by atoms with Crippen LogP contribution >= 0.6 is 0 Å². The topological polar surface area (TPSA) is 72.5 Å². The zero-order chi connectivity index (χ0) is 11.7. The number of hydrogen-bond donors (Lipinski definition) is 1. The molecule has 82 valence electrons. The Morgan fingerprint density at radius 1 is 1.31 bits per heavy atom. The molecule has 0 saturated carbocycles. The van der Waals surface area contributed by atoms with Crippen molar-refractivity contribution in [2.75, 3.05) is 12.4 Å². The fourth-order valence-corrected chi connectivity index (χ4v) is 1.62. The van der Waals surface area contributed by atoms with Gasteiger partial charge in [0.25, 0.3) is 0 Å². The van der Waals surface area contributed by atoms with E-state index < -0.39 is 23.6 Å². The molecule has 0 saturated heterocycles. The van der Waals surface area contributed by atoms with Gasteiger partial charge in [0.1, 0.15) is 0 Å². The lowest BCUT2D eigenvalue weighted by Gasteiger charge is -2.21. The van der Waals surface area contributed by atoms with Crippen molar-refractivity contribution in [1.29, 1.82) is 0 Å². The average molecular weight is 219 g/mol. The molecule has 1 heterocycles. The molecule has 1 N–H and O–H groups in total. The highest BCUT2D eigenvalue weighted by Crippen LogP contribution is 2.25. The molecule has 0 spiro atoms. The van der Waals surface area contributed by atoms with Gasteiger partial charge >= 0.3 is 5.97 Å².